The number of nitrogens with zero attached hydrogens (tertiary/aromatic N) is 1. The second-order valence-electron chi connectivity index (χ2n) is 8.52. The highest BCUT2D eigenvalue weighted by Crippen LogP contribution is 2.69. The molecule has 5 rings (SSSR count). The SMILES string of the molecule is COC1(OC)C(=O)C2C=C[C@@]13CC[C@@H]1C(OC(C)=O)CCCC1(C#N)C3C2. The molecule has 0 heterocycles. The van der Waals surface area contributed by atoms with Crippen LogP contribution in [0.3, 0.4) is 0 Å². The molecule has 3 fully saturated rings. The third-order valence-electron chi connectivity index (χ3n) is 7.79. The highest BCUT2D eigenvalue weighted by molar-refractivity contribution is 5.93. The molecule has 5 aliphatic rings. The molecule has 6 atom stereocenters. The average Bonchev–Trinajstić information content (AvgIpc) is 2.68. The summed E-state index contributed by atoms with van der Waals surface area (Å²) >= 11 is 0. The Bertz CT molecular complexity index is 735. The van der Waals surface area contributed by atoms with E-state index in [0.717, 1.165) is 19.3 Å². The molecule has 6 heteroatoms. The Kier molecular flexibility index (Phi) is 4.25. The number of rotatable bonds is 3. The van der Waals surface area contributed by atoms with Gasteiger partial charge in [0.15, 0.2) is 5.78 Å². The average molecular weight is 373 g/mol. The molecule has 1 spiro atoms. The second kappa shape index (κ2) is 6.15. The van der Waals surface area contributed by atoms with E-state index in [0.29, 0.717) is 19.3 Å². The quantitative estimate of drug-likeness (QED) is 0.430. The molecule has 6 nitrogen and oxygen atoms in total. The van der Waals surface area contributed by atoms with E-state index in [1.54, 1.807) is 0 Å². The van der Waals surface area contributed by atoms with Gasteiger partial charge in [-0.2, -0.15) is 5.26 Å². The van der Waals surface area contributed by atoms with Gasteiger partial charge in [-0.05, 0) is 44.4 Å². The number of ether oxygens (including phenoxy) is 3. The van der Waals surface area contributed by atoms with E-state index in [1.165, 1.54) is 21.1 Å². The largest absolute Gasteiger partial charge is 0.462 e. The van der Waals surface area contributed by atoms with Crippen LogP contribution >= 0.6 is 0 Å². The topological polar surface area (TPSA) is 85.6 Å². The number of nitriles is 1. The fourth-order valence-electron chi connectivity index (χ4n) is 6.87. The molecule has 146 valence electrons. The molecule has 27 heavy (non-hydrogen) atoms. The number of fused-ring (bicyclic) bond motifs is 2. The van der Waals surface area contributed by atoms with Crippen molar-refractivity contribution in [3.63, 3.8) is 0 Å². The van der Waals surface area contributed by atoms with Gasteiger partial charge in [0.25, 0.3) is 0 Å². The minimum atomic E-state index is -1.33. The van der Waals surface area contributed by atoms with Gasteiger partial charge in [-0.3, -0.25) is 9.59 Å². The fourth-order valence-corrected chi connectivity index (χ4v) is 6.87. The molecular weight excluding hydrogens is 346 g/mol. The number of ketones is 1. The summed E-state index contributed by atoms with van der Waals surface area (Å²) in [6.45, 7) is 1.43. The minimum absolute atomic E-state index is 0.00922. The summed E-state index contributed by atoms with van der Waals surface area (Å²) in [4.78, 5) is 24.8. The van der Waals surface area contributed by atoms with Gasteiger partial charge >= 0.3 is 5.97 Å². The minimum Gasteiger partial charge on any atom is -0.462 e. The van der Waals surface area contributed by atoms with Crippen LogP contribution in [0, 0.1) is 39.9 Å². The maximum Gasteiger partial charge on any atom is 0.302 e. The summed E-state index contributed by atoms with van der Waals surface area (Å²) in [5.41, 5.74) is -1.28. The fraction of sp³-hybridized carbons (Fsp3) is 0.762. The summed E-state index contributed by atoms with van der Waals surface area (Å²) in [6.07, 6.45) is 8.26. The molecular formula is C21H27NO5. The van der Waals surface area contributed by atoms with E-state index in [-0.39, 0.29) is 35.6 Å². The highest BCUT2D eigenvalue weighted by atomic mass is 16.7. The predicted molar refractivity (Wildman–Crippen MR) is 95.1 cm³/mol. The lowest BCUT2D eigenvalue weighted by Gasteiger charge is -2.66. The number of esters is 1. The van der Waals surface area contributed by atoms with Crippen LogP contribution in [0.25, 0.3) is 0 Å². The van der Waals surface area contributed by atoms with Crippen LogP contribution in [0.5, 0.6) is 0 Å². The Labute approximate surface area is 159 Å². The zero-order valence-corrected chi connectivity index (χ0v) is 16.2. The Hall–Kier alpha value is -1.71. The molecule has 0 amide bonds. The van der Waals surface area contributed by atoms with E-state index < -0.39 is 16.6 Å². The molecule has 0 aliphatic heterocycles. The zero-order chi connectivity index (χ0) is 19.4. The first-order valence-corrected chi connectivity index (χ1v) is 9.83. The van der Waals surface area contributed by atoms with Crippen LogP contribution in [0.1, 0.15) is 45.4 Å². The number of carbonyl (C=O) groups is 2. The van der Waals surface area contributed by atoms with Crippen molar-refractivity contribution in [2.75, 3.05) is 14.2 Å². The number of carbonyl (C=O) groups excluding carboxylic acids is 2. The lowest BCUT2D eigenvalue weighted by molar-refractivity contribution is -0.299. The summed E-state index contributed by atoms with van der Waals surface area (Å²) in [6, 6.07) is 2.65. The first-order chi connectivity index (χ1) is 12.9. The van der Waals surface area contributed by atoms with Gasteiger partial charge in [-0.25, -0.2) is 0 Å². The Morgan fingerprint density at radius 3 is 2.63 bits per heavy atom. The molecule has 0 radical (unpaired) electrons. The summed E-state index contributed by atoms with van der Waals surface area (Å²) in [7, 11) is 3.05. The van der Waals surface area contributed by atoms with Crippen LogP contribution in [0.2, 0.25) is 0 Å². The van der Waals surface area contributed by atoms with Crippen LogP contribution in [0.4, 0.5) is 0 Å². The molecule has 3 saturated carbocycles. The smallest absolute Gasteiger partial charge is 0.302 e. The van der Waals surface area contributed by atoms with Crippen LogP contribution in [-0.2, 0) is 23.8 Å². The van der Waals surface area contributed by atoms with E-state index in [2.05, 4.69) is 12.1 Å². The molecule has 5 aliphatic carbocycles. The van der Waals surface area contributed by atoms with E-state index in [4.69, 9.17) is 14.2 Å². The van der Waals surface area contributed by atoms with Crippen LogP contribution in [-0.4, -0.2) is 37.9 Å². The number of methoxy groups -OCH3 is 2. The third-order valence-corrected chi connectivity index (χ3v) is 7.79. The van der Waals surface area contributed by atoms with Crippen molar-refractivity contribution in [1.29, 1.82) is 5.26 Å². The Morgan fingerprint density at radius 2 is 2.00 bits per heavy atom. The van der Waals surface area contributed by atoms with Crippen molar-refractivity contribution in [1.82, 2.24) is 0 Å². The molecule has 0 saturated heterocycles. The maximum atomic E-state index is 13.1. The molecule has 2 bridgehead atoms. The summed E-state index contributed by atoms with van der Waals surface area (Å²) < 4.78 is 17.2. The van der Waals surface area contributed by atoms with Crippen molar-refractivity contribution in [3.8, 4) is 6.07 Å². The highest BCUT2D eigenvalue weighted by Gasteiger charge is 2.74. The lowest BCUT2D eigenvalue weighted by atomic mass is 9.39. The number of hydrogen-bond donors (Lipinski definition) is 0. The first kappa shape index (κ1) is 18.6. The summed E-state index contributed by atoms with van der Waals surface area (Å²) in [5, 5.41) is 10.4. The van der Waals surface area contributed by atoms with Crippen molar-refractivity contribution < 1.29 is 23.8 Å². The van der Waals surface area contributed by atoms with Gasteiger partial charge in [0.1, 0.15) is 6.10 Å². The maximum absolute atomic E-state index is 13.1. The zero-order valence-electron chi connectivity index (χ0n) is 16.2. The van der Waals surface area contributed by atoms with Gasteiger partial charge in [0, 0.05) is 33.0 Å². The monoisotopic (exact) mass is 373 g/mol. The van der Waals surface area contributed by atoms with Crippen LogP contribution < -0.4 is 0 Å². The molecule has 0 N–H and O–H groups in total. The van der Waals surface area contributed by atoms with Crippen molar-refractivity contribution in [2.24, 2.45) is 28.6 Å². The molecule has 0 aromatic heterocycles. The first-order valence-electron chi connectivity index (χ1n) is 9.83. The van der Waals surface area contributed by atoms with E-state index in [9.17, 15) is 14.9 Å². The van der Waals surface area contributed by atoms with Gasteiger partial charge in [0.2, 0.25) is 5.79 Å². The van der Waals surface area contributed by atoms with E-state index >= 15 is 0 Å². The van der Waals surface area contributed by atoms with Gasteiger partial charge < -0.3 is 14.2 Å². The Morgan fingerprint density at radius 1 is 1.26 bits per heavy atom. The van der Waals surface area contributed by atoms with Crippen molar-refractivity contribution >= 4 is 11.8 Å². The number of allylic oxidation sites excluding steroid dienone is 1. The van der Waals surface area contributed by atoms with Gasteiger partial charge in [0.05, 0.1) is 16.9 Å². The van der Waals surface area contributed by atoms with Gasteiger partial charge in [-0.15, -0.1) is 0 Å². The standard InChI is InChI=1S/C21H27NO5/c1-13(23)27-16-5-4-8-19(12-22)15(16)7-10-20-9-6-14(11-17(19)20)18(24)21(20,25-2)26-3/h6,9,14-17H,4-5,7-8,10-11H2,1-3H3/t14?,15-,16?,17?,19?,20+/m1/s1. The van der Waals surface area contributed by atoms with Crippen molar-refractivity contribution in [3.05, 3.63) is 12.2 Å². The normalized spacial score (nSPS) is 44.1. The third kappa shape index (κ3) is 2.13. The predicted octanol–water partition coefficient (Wildman–Crippen LogP) is 2.77. The summed E-state index contributed by atoms with van der Waals surface area (Å²) in [5.74, 6) is -2.03. The number of Topliss-reactive ketones (excluding diaryl/α,β-unsaturated/α-hetero) is 1. The molecule has 4 unspecified atom stereocenters. The Balaban J connectivity index is 1.83. The van der Waals surface area contributed by atoms with E-state index in [1.807, 2.05) is 6.08 Å². The molecule has 0 aromatic rings. The van der Waals surface area contributed by atoms with Crippen molar-refractivity contribution in [2.45, 2.75) is 57.3 Å². The number of hydrogen-bond acceptors (Lipinski definition) is 6. The van der Waals surface area contributed by atoms with Gasteiger partial charge in [-0.1, -0.05) is 12.2 Å². The lowest BCUT2D eigenvalue weighted by Crippen LogP contribution is -2.72. The second-order valence-corrected chi connectivity index (χ2v) is 8.52. The molecule has 0 aromatic carbocycles. The van der Waals surface area contributed by atoms with Crippen LogP contribution in [0.15, 0.2) is 12.2 Å².